The molecule has 6 nitrogen and oxygen atoms in total. The lowest BCUT2D eigenvalue weighted by Gasteiger charge is -2.23. The lowest BCUT2D eigenvalue weighted by atomic mass is 9.95. The van der Waals surface area contributed by atoms with E-state index in [1.54, 1.807) is 20.8 Å². The molecule has 0 bridgehead atoms. The van der Waals surface area contributed by atoms with Gasteiger partial charge in [0.15, 0.2) is 0 Å². The van der Waals surface area contributed by atoms with Gasteiger partial charge in [-0.25, -0.2) is 4.79 Å². The average Bonchev–Trinajstić information content (AvgIpc) is 2.25. The monoisotopic (exact) mass is 286 g/mol. The number of hydrogen-bond donors (Lipinski definition) is 3. The van der Waals surface area contributed by atoms with Crippen LogP contribution in [0.25, 0.3) is 0 Å². The van der Waals surface area contributed by atoms with Crippen LogP contribution < -0.4 is 10.6 Å². The highest BCUT2D eigenvalue weighted by Crippen LogP contribution is 2.13. The zero-order valence-electron chi connectivity index (χ0n) is 13.1. The summed E-state index contributed by atoms with van der Waals surface area (Å²) in [6.45, 7) is 10.5. The number of hydrogen-bond acceptors (Lipinski definition) is 3. The lowest BCUT2D eigenvalue weighted by Crippen LogP contribution is -2.52. The molecule has 20 heavy (non-hydrogen) atoms. The zero-order valence-corrected chi connectivity index (χ0v) is 13.1. The van der Waals surface area contributed by atoms with Gasteiger partial charge >= 0.3 is 5.97 Å². The van der Waals surface area contributed by atoms with Gasteiger partial charge in [-0.2, -0.15) is 0 Å². The molecule has 2 unspecified atom stereocenters. The second-order valence-corrected chi connectivity index (χ2v) is 6.47. The Hall–Kier alpha value is -1.59. The highest BCUT2D eigenvalue weighted by atomic mass is 16.4. The van der Waals surface area contributed by atoms with Crippen LogP contribution in [0.15, 0.2) is 0 Å². The molecule has 0 saturated heterocycles. The highest BCUT2D eigenvalue weighted by molar-refractivity contribution is 5.91. The van der Waals surface area contributed by atoms with Gasteiger partial charge in [-0.3, -0.25) is 9.59 Å². The quantitative estimate of drug-likeness (QED) is 0.682. The third kappa shape index (κ3) is 6.54. The summed E-state index contributed by atoms with van der Waals surface area (Å²) in [6.07, 6.45) is 0.348. The third-order valence-corrected chi connectivity index (χ3v) is 2.74. The maximum Gasteiger partial charge on any atom is 0.326 e. The molecule has 0 aliphatic carbocycles. The van der Waals surface area contributed by atoms with Gasteiger partial charge in [0.2, 0.25) is 11.8 Å². The van der Waals surface area contributed by atoms with Crippen LogP contribution in [0.4, 0.5) is 0 Å². The molecule has 2 atom stereocenters. The van der Waals surface area contributed by atoms with Gasteiger partial charge in [0.1, 0.15) is 12.1 Å². The van der Waals surface area contributed by atoms with Crippen LogP contribution in [0.2, 0.25) is 0 Å². The summed E-state index contributed by atoms with van der Waals surface area (Å²) in [5.74, 6) is -1.66. The smallest absolute Gasteiger partial charge is 0.326 e. The zero-order chi connectivity index (χ0) is 16.1. The number of nitrogens with one attached hydrogen (secondary N) is 2. The maximum atomic E-state index is 11.9. The van der Waals surface area contributed by atoms with Gasteiger partial charge in [0.25, 0.3) is 0 Å². The minimum atomic E-state index is -1.07. The summed E-state index contributed by atoms with van der Waals surface area (Å²) in [7, 11) is 0. The number of amides is 2. The number of aliphatic carboxylic acids is 1. The van der Waals surface area contributed by atoms with E-state index in [-0.39, 0.29) is 11.8 Å². The number of carboxylic acids is 1. The van der Waals surface area contributed by atoms with Crippen molar-refractivity contribution in [3.63, 3.8) is 0 Å². The van der Waals surface area contributed by atoms with Crippen molar-refractivity contribution in [2.24, 2.45) is 11.3 Å². The molecule has 0 saturated carbocycles. The Kier molecular flexibility index (Phi) is 6.68. The second-order valence-electron chi connectivity index (χ2n) is 6.47. The number of rotatable bonds is 6. The van der Waals surface area contributed by atoms with Gasteiger partial charge in [0.05, 0.1) is 0 Å². The normalized spacial score (nSPS) is 14.6. The Labute approximate surface area is 120 Å². The van der Waals surface area contributed by atoms with Crippen molar-refractivity contribution in [3.05, 3.63) is 0 Å². The van der Waals surface area contributed by atoms with Gasteiger partial charge in [-0.05, 0) is 19.3 Å². The summed E-state index contributed by atoms with van der Waals surface area (Å²) in [4.78, 5) is 34.8. The predicted octanol–water partition coefficient (Wildman–Crippen LogP) is 1.15. The van der Waals surface area contributed by atoms with Crippen molar-refractivity contribution in [1.29, 1.82) is 0 Å². The van der Waals surface area contributed by atoms with Crippen LogP contribution in [0, 0.1) is 11.3 Å². The van der Waals surface area contributed by atoms with Crippen LogP contribution in [-0.4, -0.2) is 35.0 Å². The van der Waals surface area contributed by atoms with E-state index < -0.39 is 29.4 Å². The maximum absolute atomic E-state index is 11.9. The highest BCUT2D eigenvalue weighted by Gasteiger charge is 2.27. The first kappa shape index (κ1) is 18.4. The van der Waals surface area contributed by atoms with Gasteiger partial charge in [-0.15, -0.1) is 0 Å². The fraction of sp³-hybridized carbons (Fsp3) is 0.786. The SMILES string of the molecule is CC(C)CC(NC(=O)C(C)NC(=O)C(C)(C)C)C(=O)O. The van der Waals surface area contributed by atoms with Crippen LogP contribution in [-0.2, 0) is 14.4 Å². The molecule has 0 fully saturated rings. The molecule has 0 heterocycles. The number of carbonyl (C=O) groups excluding carboxylic acids is 2. The van der Waals surface area contributed by atoms with E-state index in [1.807, 2.05) is 13.8 Å². The molecule has 2 amide bonds. The second kappa shape index (κ2) is 7.26. The van der Waals surface area contributed by atoms with Crippen molar-refractivity contribution in [1.82, 2.24) is 10.6 Å². The molecule has 6 heteroatoms. The third-order valence-electron chi connectivity index (χ3n) is 2.74. The fourth-order valence-electron chi connectivity index (χ4n) is 1.47. The fourth-order valence-corrected chi connectivity index (χ4v) is 1.47. The first-order valence-corrected chi connectivity index (χ1v) is 6.79. The van der Waals surface area contributed by atoms with Crippen LogP contribution in [0.1, 0.15) is 48.0 Å². The number of carboxylic acid groups (broad SMARTS) is 1. The topological polar surface area (TPSA) is 95.5 Å². The Morgan fingerprint density at radius 2 is 1.55 bits per heavy atom. The molecular formula is C14H26N2O4. The van der Waals surface area contributed by atoms with Crippen molar-refractivity contribution in [3.8, 4) is 0 Å². The molecule has 0 aliphatic rings. The first-order chi connectivity index (χ1) is 8.95. The Bertz CT molecular complexity index is 372. The largest absolute Gasteiger partial charge is 0.480 e. The van der Waals surface area contributed by atoms with E-state index in [2.05, 4.69) is 10.6 Å². The molecule has 0 aliphatic heterocycles. The average molecular weight is 286 g/mol. The van der Waals surface area contributed by atoms with Crippen LogP contribution >= 0.6 is 0 Å². The first-order valence-electron chi connectivity index (χ1n) is 6.79. The molecule has 0 radical (unpaired) electrons. The molecule has 3 N–H and O–H groups in total. The molecule has 0 spiro atoms. The van der Waals surface area contributed by atoms with Crippen molar-refractivity contribution in [2.75, 3.05) is 0 Å². The molecule has 0 rings (SSSR count). The number of carbonyl (C=O) groups is 3. The van der Waals surface area contributed by atoms with Crippen molar-refractivity contribution >= 4 is 17.8 Å². The van der Waals surface area contributed by atoms with Crippen molar-refractivity contribution in [2.45, 2.75) is 60.0 Å². The standard InChI is InChI=1S/C14H26N2O4/c1-8(2)7-10(12(18)19)16-11(17)9(3)15-13(20)14(4,5)6/h8-10H,7H2,1-6H3,(H,15,20)(H,16,17)(H,18,19). The van der Waals surface area contributed by atoms with E-state index in [4.69, 9.17) is 5.11 Å². The molecular weight excluding hydrogens is 260 g/mol. The summed E-state index contributed by atoms with van der Waals surface area (Å²) in [5.41, 5.74) is -0.599. The van der Waals surface area contributed by atoms with Gasteiger partial charge in [-0.1, -0.05) is 34.6 Å². The van der Waals surface area contributed by atoms with E-state index in [1.165, 1.54) is 6.92 Å². The predicted molar refractivity (Wildman–Crippen MR) is 76.1 cm³/mol. The lowest BCUT2D eigenvalue weighted by molar-refractivity contribution is -0.142. The summed E-state index contributed by atoms with van der Waals surface area (Å²) >= 11 is 0. The summed E-state index contributed by atoms with van der Waals surface area (Å²) in [5, 5.41) is 14.1. The van der Waals surface area contributed by atoms with Crippen molar-refractivity contribution < 1.29 is 19.5 Å². The minimum Gasteiger partial charge on any atom is -0.480 e. The Balaban J connectivity index is 4.58. The minimum absolute atomic E-state index is 0.149. The molecule has 0 aromatic carbocycles. The van der Waals surface area contributed by atoms with Crippen LogP contribution in [0.3, 0.4) is 0 Å². The van der Waals surface area contributed by atoms with Gasteiger partial charge < -0.3 is 15.7 Å². The Morgan fingerprint density at radius 1 is 1.05 bits per heavy atom. The van der Waals surface area contributed by atoms with E-state index in [0.717, 1.165) is 0 Å². The summed E-state index contributed by atoms with van der Waals surface area (Å²) < 4.78 is 0. The molecule has 0 aromatic heterocycles. The van der Waals surface area contributed by atoms with Gasteiger partial charge in [0, 0.05) is 5.41 Å². The van der Waals surface area contributed by atoms with E-state index in [9.17, 15) is 14.4 Å². The molecule has 0 aromatic rings. The van der Waals surface area contributed by atoms with E-state index >= 15 is 0 Å². The summed E-state index contributed by atoms with van der Waals surface area (Å²) in [6, 6.07) is -1.70. The van der Waals surface area contributed by atoms with Crippen LogP contribution in [0.5, 0.6) is 0 Å². The Morgan fingerprint density at radius 3 is 1.90 bits per heavy atom. The molecule has 116 valence electrons. The van der Waals surface area contributed by atoms with E-state index in [0.29, 0.717) is 6.42 Å².